The first-order chi connectivity index (χ1) is 9.60. The summed E-state index contributed by atoms with van der Waals surface area (Å²) in [6, 6.07) is 7.14. The highest BCUT2D eigenvalue weighted by atomic mass is 16.3. The minimum atomic E-state index is -0.330. The maximum Gasteiger partial charge on any atom is 0.0802 e. The van der Waals surface area contributed by atoms with Gasteiger partial charge in [-0.3, -0.25) is 0 Å². The summed E-state index contributed by atoms with van der Waals surface area (Å²) >= 11 is 0. The Morgan fingerprint density at radius 1 is 1.15 bits per heavy atom. The molecule has 1 fully saturated rings. The van der Waals surface area contributed by atoms with Crippen LogP contribution in [0.5, 0.6) is 0 Å². The minimum Gasteiger partial charge on any atom is -0.388 e. The molecule has 0 heterocycles. The van der Waals surface area contributed by atoms with E-state index in [1.165, 1.54) is 36.8 Å². The Kier molecular flexibility index (Phi) is 5.62. The summed E-state index contributed by atoms with van der Waals surface area (Å²) in [5.41, 5.74) is 3.55. The Hall–Kier alpha value is -0.860. The molecule has 0 saturated heterocycles. The van der Waals surface area contributed by atoms with Crippen LogP contribution in [0.2, 0.25) is 0 Å². The lowest BCUT2D eigenvalue weighted by Crippen LogP contribution is -2.34. The van der Waals surface area contributed by atoms with E-state index in [1.807, 2.05) is 0 Å². The molecule has 112 valence electrons. The second kappa shape index (κ2) is 7.24. The Labute approximate surface area is 123 Å². The molecule has 1 aromatic carbocycles. The van der Waals surface area contributed by atoms with Crippen molar-refractivity contribution in [3.8, 4) is 0 Å². The number of hydrogen-bond donors (Lipinski definition) is 1. The number of nitrogens with zero attached hydrogens (tertiary/aromatic N) is 1. The summed E-state index contributed by atoms with van der Waals surface area (Å²) in [5, 5.41) is 10.4. The zero-order chi connectivity index (χ0) is 14.5. The van der Waals surface area contributed by atoms with Crippen molar-refractivity contribution in [2.75, 3.05) is 13.1 Å². The van der Waals surface area contributed by atoms with Crippen molar-refractivity contribution in [1.82, 2.24) is 4.90 Å². The largest absolute Gasteiger partial charge is 0.388 e. The van der Waals surface area contributed by atoms with Crippen molar-refractivity contribution in [2.24, 2.45) is 0 Å². The van der Waals surface area contributed by atoms with Crippen molar-refractivity contribution in [2.45, 2.75) is 65.0 Å². The van der Waals surface area contributed by atoms with E-state index < -0.39 is 0 Å². The van der Waals surface area contributed by atoms with Crippen LogP contribution < -0.4 is 0 Å². The van der Waals surface area contributed by atoms with Gasteiger partial charge in [0.2, 0.25) is 0 Å². The summed E-state index contributed by atoms with van der Waals surface area (Å²) in [6.45, 7) is 8.54. The highest BCUT2D eigenvalue weighted by Gasteiger charge is 2.21. The molecule has 2 heteroatoms. The van der Waals surface area contributed by atoms with E-state index in [2.05, 4.69) is 43.9 Å². The topological polar surface area (TPSA) is 23.5 Å². The molecule has 2 rings (SSSR count). The van der Waals surface area contributed by atoms with Crippen LogP contribution in [0.1, 0.15) is 61.8 Å². The van der Waals surface area contributed by atoms with Gasteiger partial charge in [0.15, 0.2) is 0 Å². The summed E-state index contributed by atoms with van der Waals surface area (Å²) in [5.74, 6) is 0. The number of hydrogen-bond acceptors (Lipinski definition) is 2. The van der Waals surface area contributed by atoms with Gasteiger partial charge in [0.25, 0.3) is 0 Å². The highest BCUT2D eigenvalue weighted by Crippen LogP contribution is 2.25. The van der Waals surface area contributed by atoms with Crippen LogP contribution >= 0.6 is 0 Å². The SMILES string of the molecule is CCN(CCC(O)c1cc(C)cc(C)c1)C1CCCC1. The normalized spacial score (nSPS) is 17.9. The third-order valence-corrected chi connectivity index (χ3v) is 4.57. The Morgan fingerprint density at radius 2 is 1.75 bits per heavy atom. The lowest BCUT2D eigenvalue weighted by atomic mass is 10.0. The predicted molar refractivity (Wildman–Crippen MR) is 85.0 cm³/mol. The number of rotatable bonds is 6. The molecule has 1 saturated carbocycles. The molecule has 1 N–H and O–H groups in total. The molecular weight excluding hydrogens is 246 g/mol. The maximum atomic E-state index is 10.4. The molecule has 20 heavy (non-hydrogen) atoms. The van der Waals surface area contributed by atoms with Crippen molar-refractivity contribution in [3.05, 3.63) is 34.9 Å². The van der Waals surface area contributed by atoms with E-state index in [9.17, 15) is 5.11 Å². The van der Waals surface area contributed by atoms with Crippen LogP contribution in [-0.4, -0.2) is 29.1 Å². The maximum absolute atomic E-state index is 10.4. The molecule has 1 atom stereocenters. The van der Waals surface area contributed by atoms with Crippen molar-refractivity contribution >= 4 is 0 Å². The monoisotopic (exact) mass is 275 g/mol. The molecule has 1 unspecified atom stereocenters. The third kappa shape index (κ3) is 4.07. The molecule has 0 radical (unpaired) electrons. The lowest BCUT2D eigenvalue weighted by molar-refractivity contribution is 0.127. The first-order valence-electron chi connectivity index (χ1n) is 8.10. The molecule has 1 aromatic rings. The van der Waals surface area contributed by atoms with E-state index in [1.54, 1.807) is 0 Å². The fourth-order valence-corrected chi connectivity index (χ4v) is 3.53. The first kappa shape index (κ1) is 15.5. The molecule has 1 aliphatic rings. The van der Waals surface area contributed by atoms with E-state index in [-0.39, 0.29) is 6.10 Å². The smallest absolute Gasteiger partial charge is 0.0802 e. The molecular formula is C18H29NO. The van der Waals surface area contributed by atoms with Crippen LogP contribution in [0.15, 0.2) is 18.2 Å². The van der Waals surface area contributed by atoms with Gasteiger partial charge in [-0.25, -0.2) is 0 Å². The first-order valence-corrected chi connectivity index (χ1v) is 8.10. The van der Waals surface area contributed by atoms with Crippen molar-refractivity contribution in [1.29, 1.82) is 0 Å². The van der Waals surface area contributed by atoms with Gasteiger partial charge in [0, 0.05) is 12.6 Å². The van der Waals surface area contributed by atoms with Gasteiger partial charge >= 0.3 is 0 Å². The van der Waals surface area contributed by atoms with Gasteiger partial charge in [-0.05, 0) is 45.2 Å². The molecule has 0 aromatic heterocycles. The predicted octanol–water partition coefficient (Wildman–Crippen LogP) is 3.99. The highest BCUT2D eigenvalue weighted by molar-refractivity contribution is 5.29. The van der Waals surface area contributed by atoms with Crippen molar-refractivity contribution < 1.29 is 5.11 Å². The quantitative estimate of drug-likeness (QED) is 0.848. The number of aliphatic hydroxyl groups excluding tert-OH is 1. The number of aliphatic hydroxyl groups is 1. The second-order valence-corrected chi connectivity index (χ2v) is 6.29. The van der Waals surface area contributed by atoms with Gasteiger partial charge in [0.1, 0.15) is 0 Å². The zero-order valence-electron chi connectivity index (χ0n) is 13.2. The fraction of sp³-hybridized carbons (Fsp3) is 0.667. The van der Waals surface area contributed by atoms with Gasteiger partial charge in [0.05, 0.1) is 6.10 Å². The Bertz CT molecular complexity index is 403. The van der Waals surface area contributed by atoms with E-state index in [0.717, 1.165) is 31.1 Å². The molecule has 0 spiro atoms. The van der Waals surface area contributed by atoms with Crippen LogP contribution in [0, 0.1) is 13.8 Å². The van der Waals surface area contributed by atoms with E-state index in [0.29, 0.717) is 0 Å². The molecule has 0 amide bonds. The fourth-order valence-electron chi connectivity index (χ4n) is 3.53. The van der Waals surface area contributed by atoms with Crippen LogP contribution in [-0.2, 0) is 0 Å². The van der Waals surface area contributed by atoms with Crippen LogP contribution in [0.25, 0.3) is 0 Å². The molecule has 1 aliphatic carbocycles. The Morgan fingerprint density at radius 3 is 2.30 bits per heavy atom. The average Bonchev–Trinajstić information content (AvgIpc) is 2.92. The van der Waals surface area contributed by atoms with Crippen LogP contribution in [0.4, 0.5) is 0 Å². The standard InChI is InChI=1S/C18H29NO/c1-4-19(17-7-5-6-8-17)10-9-18(20)16-12-14(2)11-15(3)13-16/h11-13,17-18,20H,4-10H2,1-3H3. The average molecular weight is 275 g/mol. The minimum absolute atomic E-state index is 0.330. The number of aryl methyl sites for hydroxylation is 2. The summed E-state index contributed by atoms with van der Waals surface area (Å²) in [7, 11) is 0. The van der Waals surface area contributed by atoms with Crippen molar-refractivity contribution in [3.63, 3.8) is 0 Å². The number of benzene rings is 1. The molecule has 0 aliphatic heterocycles. The van der Waals surface area contributed by atoms with Gasteiger partial charge in [-0.15, -0.1) is 0 Å². The molecule has 2 nitrogen and oxygen atoms in total. The van der Waals surface area contributed by atoms with Crippen LogP contribution in [0.3, 0.4) is 0 Å². The Balaban J connectivity index is 1.91. The second-order valence-electron chi connectivity index (χ2n) is 6.29. The lowest BCUT2D eigenvalue weighted by Gasteiger charge is -2.28. The van der Waals surface area contributed by atoms with E-state index >= 15 is 0 Å². The third-order valence-electron chi connectivity index (χ3n) is 4.57. The van der Waals surface area contributed by atoms with Gasteiger partial charge < -0.3 is 10.0 Å². The summed E-state index contributed by atoms with van der Waals surface area (Å²) in [6.07, 6.45) is 5.94. The summed E-state index contributed by atoms with van der Waals surface area (Å²) < 4.78 is 0. The summed E-state index contributed by atoms with van der Waals surface area (Å²) in [4.78, 5) is 2.55. The van der Waals surface area contributed by atoms with Gasteiger partial charge in [-0.1, -0.05) is 49.1 Å². The van der Waals surface area contributed by atoms with Gasteiger partial charge in [-0.2, -0.15) is 0 Å². The van der Waals surface area contributed by atoms with E-state index in [4.69, 9.17) is 0 Å². The molecule has 0 bridgehead atoms. The zero-order valence-corrected chi connectivity index (χ0v) is 13.2.